The smallest absolute Gasteiger partial charge is 0.321 e. The number of hydrogen-bond donors (Lipinski definition) is 3. The number of fused-ring (bicyclic) bond motifs is 1. The molecular weight excluding hydrogens is 416 g/mol. The number of carbonyl (C=O) groups is 1. The van der Waals surface area contributed by atoms with Crippen LogP contribution in [0.5, 0.6) is 0 Å². The first-order valence-corrected chi connectivity index (χ1v) is 11.1. The third-order valence-corrected chi connectivity index (χ3v) is 7.94. The fraction of sp³-hybridized carbons (Fsp3) is 0.474. The van der Waals surface area contributed by atoms with Crippen LogP contribution in [0.25, 0.3) is 0 Å². The molecule has 0 fully saturated rings. The molecule has 1 aliphatic rings. The van der Waals surface area contributed by atoms with Gasteiger partial charge in [-0.1, -0.05) is 6.07 Å². The number of halogens is 2. The first-order chi connectivity index (χ1) is 14.0. The Balaban J connectivity index is 1.88. The lowest BCUT2D eigenvalue weighted by molar-refractivity contribution is 0.0561. The number of rotatable bonds is 3. The fourth-order valence-corrected chi connectivity index (χ4v) is 4.73. The second-order valence-corrected chi connectivity index (χ2v) is 10.4. The summed E-state index contributed by atoms with van der Waals surface area (Å²) in [6.07, 6.45) is 1.72. The largest absolute Gasteiger partial charge is 0.333 e. The maximum absolute atomic E-state index is 13.0. The predicted octanol–water partition coefficient (Wildman–Crippen LogP) is 2.04. The Labute approximate surface area is 173 Å². The minimum Gasteiger partial charge on any atom is -0.321 e. The third kappa shape index (κ3) is 4.52. The van der Waals surface area contributed by atoms with Gasteiger partial charge in [-0.05, 0) is 62.6 Å². The zero-order chi connectivity index (χ0) is 22.1. The number of aryl methyl sites for hydroxylation is 1. The third-order valence-electron chi connectivity index (χ3n) is 5.39. The molecule has 1 amide bonds. The number of nitrogens with one attached hydrogen (secondary N) is 2. The van der Waals surface area contributed by atoms with E-state index in [-0.39, 0.29) is 11.4 Å². The van der Waals surface area contributed by atoms with Crippen molar-refractivity contribution in [2.24, 2.45) is 5.73 Å². The summed E-state index contributed by atoms with van der Waals surface area (Å²) < 4.78 is 50.6. The van der Waals surface area contributed by atoms with Crippen molar-refractivity contribution in [3.05, 3.63) is 47.3 Å². The molecule has 164 valence electrons. The van der Waals surface area contributed by atoms with Crippen LogP contribution in [0.3, 0.4) is 0 Å². The van der Waals surface area contributed by atoms with Crippen molar-refractivity contribution in [2.75, 3.05) is 11.9 Å². The summed E-state index contributed by atoms with van der Waals surface area (Å²) in [7, 11) is -3.63. The van der Waals surface area contributed by atoms with Crippen LogP contribution in [0.1, 0.15) is 48.4 Å². The van der Waals surface area contributed by atoms with Crippen LogP contribution < -0.4 is 16.4 Å². The predicted molar refractivity (Wildman–Crippen MR) is 109 cm³/mol. The summed E-state index contributed by atoms with van der Waals surface area (Å²) in [5.41, 5.74) is 7.71. The molecule has 1 aromatic heterocycles. The molecule has 1 aromatic carbocycles. The van der Waals surface area contributed by atoms with Crippen molar-refractivity contribution in [3.8, 4) is 0 Å². The summed E-state index contributed by atoms with van der Waals surface area (Å²) in [5.74, 6) is -0.891. The minimum absolute atomic E-state index is 0.166. The second-order valence-electron chi connectivity index (χ2n) is 7.79. The highest BCUT2D eigenvalue weighted by Gasteiger charge is 2.40. The lowest BCUT2D eigenvalue weighted by Crippen LogP contribution is -2.57. The van der Waals surface area contributed by atoms with Crippen molar-refractivity contribution in [1.29, 1.82) is 0 Å². The zero-order valence-corrected chi connectivity index (χ0v) is 17.5. The van der Waals surface area contributed by atoms with Gasteiger partial charge in [-0.15, -0.1) is 0 Å². The maximum atomic E-state index is 13.0. The summed E-state index contributed by atoms with van der Waals surface area (Å²) >= 11 is 0. The van der Waals surface area contributed by atoms with Crippen molar-refractivity contribution in [1.82, 2.24) is 15.1 Å². The summed E-state index contributed by atoms with van der Waals surface area (Å²) in [6, 6.07) is 6.21. The van der Waals surface area contributed by atoms with E-state index in [1.165, 1.54) is 6.07 Å². The quantitative estimate of drug-likeness (QED) is 0.671. The number of amides is 1. The molecule has 2 heterocycles. The summed E-state index contributed by atoms with van der Waals surface area (Å²) in [5, 5.41) is 9.20. The fourth-order valence-electron chi connectivity index (χ4n) is 3.21. The Morgan fingerprint density at radius 3 is 2.73 bits per heavy atom. The van der Waals surface area contributed by atoms with E-state index in [0.29, 0.717) is 28.9 Å². The average Bonchev–Trinajstić information content (AvgIpc) is 3.16. The molecular formula is C19H25F2N5O3S. The molecule has 8 nitrogen and oxygen atoms in total. The van der Waals surface area contributed by atoms with Crippen molar-refractivity contribution in [2.45, 2.75) is 49.9 Å². The van der Waals surface area contributed by atoms with E-state index in [1.807, 2.05) is 0 Å². The highest BCUT2D eigenvalue weighted by Crippen LogP contribution is 2.28. The van der Waals surface area contributed by atoms with E-state index in [4.69, 9.17) is 5.73 Å². The van der Waals surface area contributed by atoms with Crippen LogP contribution in [-0.4, -0.2) is 41.6 Å². The van der Waals surface area contributed by atoms with Crippen molar-refractivity contribution < 1.29 is 22.0 Å². The number of nitrogens with two attached hydrogens (primary N) is 1. The van der Waals surface area contributed by atoms with Crippen LogP contribution in [0.2, 0.25) is 0 Å². The monoisotopic (exact) mass is 441 g/mol. The highest BCUT2D eigenvalue weighted by molar-refractivity contribution is 7.92. The zero-order valence-electron chi connectivity index (χ0n) is 16.7. The lowest BCUT2D eigenvalue weighted by atomic mass is 10.0. The SMILES string of the molecule is CC1(C)C(N)NCCCc2ccc(NC(=O)c3ccn(C(F)F)n3)cc2CS1(=O)=O. The number of alkyl halides is 2. The van der Waals surface area contributed by atoms with Crippen LogP contribution in [-0.2, 0) is 22.0 Å². The molecule has 0 saturated heterocycles. The molecule has 1 atom stereocenters. The highest BCUT2D eigenvalue weighted by atomic mass is 32.2. The number of aromatic nitrogens is 2. The topological polar surface area (TPSA) is 119 Å². The molecule has 3 rings (SSSR count). The number of nitrogens with zero attached hydrogens (tertiary/aromatic N) is 2. The van der Waals surface area contributed by atoms with Gasteiger partial charge in [0.2, 0.25) is 0 Å². The Kier molecular flexibility index (Phi) is 6.25. The van der Waals surface area contributed by atoms with Crippen LogP contribution in [0.4, 0.5) is 14.5 Å². The summed E-state index contributed by atoms with van der Waals surface area (Å²) in [4.78, 5) is 12.3. The van der Waals surface area contributed by atoms with Gasteiger partial charge in [-0.3, -0.25) is 4.79 Å². The Morgan fingerprint density at radius 1 is 1.33 bits per heavy atom. The van der Waals surface area contributed by atoms with Gasteiger partial charge in [0.1, 0.15) is 0 Å². The molecule has 1 aliphatic heterocycles. The van der Waals surface area contributed by atoms with E-state index in [0.717, 1.165) is 18.2 Å². The second kappa shape index (κ2) is 8.40. The van der Waals surface area contributed by atoms with Crippen molar-refractivity contribution in [3.63, 3.8) is 0 Å². The number of benzene rings is 1. The standard InChI is InChI=1S/C19H25F2N5O3S/c1-19(2)17(22)23-8-3-4-12-5-6-14(10-13(12)11-30(19,28)29)24-16(27)15-7-9-26(25-15)18(20)21/h5-7,9-10,17-18,23H,3-4,8,11,22H2,1-2H3,(H,24,27). The minimum atomic E-state index is -3.63. The lowest BCUT2D eigenvalue weighted by Gasteiger charge is -2.33. The molecule has 1 unspecified atom stereocenters. The van der Waals surface area contributed by atoms with Gasteiger partial charge in [0.25, 0.3) is 5.91 Å². The van der Waals surface area contributed by atoms with Gasteiger partial charge < -0.3 is 16.4 Å². The Bertz CT molecular complexity index is 1040. The van der Waals surface area contributed by atoms with Gasteiger partial charge in [0.05, 0.1) is 16.7 Å². The molecule has 0 radical (unpaired) electrons. The van der Waals surface area contributed by atoms with Gasteiger partial charge in [-0.2, -0.15) is 13.9 Å². The first-order valence-electron chi connectivity index (χ1n) is 9.49. The summed E-state index contributed by atoms with van der Waals surface area (Å²) in [6.45, 7) is 0.911. The van der Waals surface area contributed by atoms with Gasteiger partial charge in [-0.25, -0.2) is 13.1 Å². The van der Waals surface area contributed by atoms with Gasteiger partial charge >= 0.3 is 6.55 Å². The molecule has 0 spiro atoms. The first kappa shape index (κ1) is 22.3. The van der Waals surface area contributed by atoms with Crippen LogP contribution in [0.15, 0.2) is 30.5 Å². The van der Waals surface area contributed by atoms with E-state index >= 15 is 0 Å². The molecule has 11 heteroatoms. The van der Waals surface area contributed by atoms with E-state index < -0.39 is 33.2 Å². The molecule has 4 N–H and O–H groups in total. The molecule has 0 bridgehead atoms. The van der Waals surface area contributed by atoms with Gasteiger partial charge in [0.15, 0.2) is 15.5 Å². The van der Waals surface area contributed by atoms with Crippen molar-refractivity contribution >= 4 is 21.4 Å². The Hall–Kier alpha value is -2.37. The van der Waals surface area contributed by atoms with Crippen LogP contribution >= 0.6 is 0 Å². The molecule has 0 aliphatic carbocycles. The number of hydrogen-bond acceptors (Lipinski definition) is 6. The van der Waals surface area contributed by atoms with Crippen LogP contribution in [0, 0.1) is 0 Å². The normalized spacial score (nSPS) is 21.1. The number of sulfone groups is 1. The maximum Gasteiger partial charge on any atom is 0.333 e. The van der Waals surface area contributed by atoms with Gasteiger partial charge in [0, 0.05) is 11.9 Å². The average molecular weight is 442 g/mol. The molecule has 2 aromatic rings. The number of anilines is 1. The van der Waals surface area contributed by atoms with E-state index in [9.17, 15) is 22.0 Å². The number of carbonyl (C=O) groups excluding carboxylic acids is 1. The van der Waals surface area contributed by atoms with E-state index in [2.05, 4.69) is 15.7 Å². The molecule has 30 heavy (non-hydrogen) atoms. The Morgan fingerprint density at radius 2 is 2.07 bits per heavy atom. The molecule has 0 saturated carbocycles. The van der Waals surface area contributed by atoms with E-state index in [1.54, 1.807) is 32.0 Å².